The summed E-state index contributed by atoms with van der Waals surface area (Å²) in [6.07, 6.45) is 0.211. The van der Waals surface area contributed by atoms with E-state index in [1.165, 1.54) is 0 Å². The van der Waals surface area contributed by atoms with Crippen LogP contribution in [0.2, 0.25) is 0 Å². The quantitative estimate of drug-likeness (QED) is 0.677. The molecule has 10 nitrogen and oxygen atoms in total. The van der Waals surface area contributed by atoms with Gasteiger partial charge in [0.2, 0.25) is 0 Å². The fourth-order valence-corrected chi connectivity index (χ4v) is 2.59. The van der Waals surface area contributed by atoms with Crippen LogP contribution in [0.25, 0.3) is 0 Å². The van der Waals surface area contributed by atoms with Crippen LogP contribution in [0.5, 0.6) is 5.75 Å². The van der Waals surface area contributed by atoms with Crippen molar-refractivity contribution in [3.05, 3.63) is 35.7 Å². The second kappa shape index (κ2) is 7.92. The number of aromatic nitrogens is 4. The molecule has 0 radical (unpaired) electrons. The number of hydrogen-bond donors (Lipinski definition) is 2. The molecule has 2 aromatic rings. The number of tetrazole rings is 1. The van der Waals surface area contributed by atoms with Crippen LogP contribution in [0, 0.1) is 0 Å². The molecule has 0 aliphatic heterocycles. The van der Waals surface area contributed by atoms with Gasteiger partial charge in [0.25, 0.3) is 0 Å². The number of nitrogens with zero attached hydrogens (tertiary/aromatic N) is 4. The minimum absolute atomic E-state index is 0.0498. The number of rotatable bonds is 8. The Morgan fingerprint density at radius 2 is 2.04 bits per heavy atom. The molecule has 1 atom stereocenters. The number of benzene rings is 1. The highest BCUT2D eigenvalue weighted by Gasteiger charge is 2.20. The molecule has 0 aliphatic rings. The van der Waals surface area contributed by atoms with Crippen molar-refractivity contribution in [2.45, 2.75) is 19.0 Å². The van der Waals surface area contributed by atoms with Crippen LogP contribution in [-0.2, 0) is 22.8 Å². The lowest BCUT2D eigenvalue weighted by Gasteiger charge is -2.13. The first-order chi connectivity index (χ1) is 11.8. The van der Waals surface area contributed by atoms with Crippen molar-refractivity contribution < 1.29 is 23.1 Å². The summed E-state index contributed by atoms with van der Waals surface area (Å²) in [7, 11) is -1.60. The smallest absolute Gasteiger partial charge is 0.405 e. The van der Waals surface area contributed by atoms with Gasteiger partial charge < -0.3 is 15.2 Å². The minimum atomic E-state index is -3.16. The summed E-state index contributed by atoms with van der Waals surface area (Å²) in [4.78, 5) is 12.2. The molecule has 2 N–H and O–H groups in total. The Labute approximate surface area is 144 Å². The first-order valence-corrected chi connectivity index (χ1v) is 9.40. The van der Waals surface area contributed by atoms with E-state index in [2.05, 4.69) is 20.7 Å². The van der Waals surface area contributed by atoms with E-state index in [1.54, 1.807) is 19.2 Å². The summed E-state index contributed by atoms with van der Waals surface area (Å²) < 4.78 is 27.5. The van der Waals surface area contributed by atoms with Gasteiger partial charge >= 0.3 is 6.09 Å². The minimum Gasteiger partial charge on any atom is -0.497 e. The Morgan fingerprint density at radius 3 is 2.60 bits per heavy atom. The predicted octanol–water partition coefficient (Wildman–Crippen LogP) is 0.278. The third-order valence-electron chi connectivity index (χ3n) is 3.34. The maximum absolute atomic E-state index is 11.2. The van der Waals surface area contributed by atoms with Gasteiger partial charge in [0, 0.05) is 12.7 Å². The van der Waals surface area contributed by atoms with Crippen LogP contribution < -0.4 is 10.1 Å². The molecule has 0 saturated carbocycles. The van der Waals surface area contributed by atoms with Gasteiger partial charge in [-0.1, -0.05) is 12.1 Å². The topological polar surface area (TPSA) is 136 Å². The van der Waals surface area contributed by atoms with Gasteiger partial charge in [0.05, 0.1) is 19.4 Å². The monoisotopic (exact) mass is 369 g/mol. The van der Waals surface area contributed by atoms with Crippen molar-refractivity contribution in [3.63, 3.8) is 0 Å². The Kier molecular flexibility index (Phi) is 5.91. The van der Waals surface area contributed by atoms with Crippen molar-refractivity contribution in [1.29, 1.82) is 0 Å². The molecule has 0 saturated heterocycles. The summed E-state index contributed by atoms with van der Waals surface area (Å²) in [5.74, 6) is 0.737. The molecule has 2 rings (SSSR count). The third kappa shape index (κ3) is 6.03. The van der Waals surface area contributed by atoms with Crippen molar-refractivity contribution in [2.75, 3.05) is 19.1 Å². The molecule has 1 amide bonds. The van der Waals surface area contributed by atoms with Gasteiger partial charge in [-0.05, 0) is 22.9 Å². The Morgan fingerprint density at radius 1 is 1.36 bits per heavy atom. The van der Waals surface area contributed by atoms with E-state index in [9.17, 15) is 13.2 Å². The van der Waals surface area contributed by atoms with Gasteiger partial charge in [-0.2, -0.15) is 4.80 Å². The normalized spacial score (nSPS) is 12.6. The number of hydrogen-bond acceptors (Lipinski definition) is 7. The van der Waals surface area contributed by atoms with E-state index in [1.807, 2.05) is 12.1 Å². The number of carboxylic acid groups (broad SMARTS) is 1. The van der Waals surface area contributed by atoms with E-state index in [0.29, 0.717) is 12.2 Å². The second-order valence-corrected chi connectivity index (χ2v) is 7.69. The second-order valence-electron chi connectivity index (χ2n) is 5.43. The van der Waals surface area contributed by atoms with Crippen LogP contribution in [-0.4, -0.2) is 58.9 Å². The molecule has 1 unspecified atom stereocenters. The number of sulfone groups is 1. The molecule has 0 spiro atoms. The summed E-state index contributed by atoms with van der Waals surface area (Å²) >= 11 is 0. The number of ether oxygens (including phenoxy) is 1. The molecular weight excluding hydrogens is 350 g/mol. The standard InChI is InChI=1S/C14H19N5O5S/c1-24-11-5-3-10(4-6-11)9-12(15-14(20)21)13-16-18-19(17-13)7-8-25(2,22)23/h3-6,12,15H,7-9H2,1-2H3,(H,20,21). The highest BCUT2D eigenvalue weighted by Crippen LogP contribution is 2.18. The van der Waals surface area contributed by atoms with Crippen LogP contribution in [0.15, 0.2) is 24.3 Å². The van der Waals surface area contributed by atoms with Gasteiger partial charge in [0.15, 0.2) is 5.82 Å². The van der Waals surface area contributed by atoms with Crippen LogP contribution in [0.3, 0.4) is 0 Å². The maximum atomic E-state index is 11.2. The zero-order valence-corrected chi connectivity index (χ0v) is 14.6. The summed E-state index contributed by atoms with van der Waals surface area (Å²) in [6.45, 7) is 0.0498. The number of aryl methyl sites for hydroxylation is 1. The summed E-state index contributed by atoms with van der Waals surface area (Å²) in [5.41, 5.74) is 0.854. The third-order valence-corrected chi connectivity index (χ3v) is 4.26. The van der Waals surface area contributed by atoms with E-state index in [-0.39, 0.29) is 18.1 Å². The first-order valence-electron chi connectivity index (χ1n) is 7.34. The zero-order chi connectivity index (χ0) is 18.4. The average molecular weight is 369 g/mol. The van der Waals surface area contributed by atoms with Crippen LogP contribution in [0.1, 0.15) is 17.4 Å². The zero-order valence-electron chi connectivity index (χ0n) is 13.8. The highest BCUT2D eigenvalue weighted by atomic mass is 32.2. The lowest BCUT2D eigenvalue weighted by atomic mass is 10.1. The SMILES string of the molecule is COc1ccc(CC(NC(=O)O)c2nnn(CCS(C)(=O)=O)n2)cc1. The maximum Gasteiger partial charge on any atom is 0.405 e. The molecule has 25 heavy (non-hydrogen) atoms. The summed E-state index contributed by atoms with van der Waals surface area (Å²) in [5, 5.41) is 23.1. The van der Waals surface area contributed by atoms with E-state index in [0.717, 1.165) is 16.6 Å². The molecule has 1 aromatic carbocycles. The lowest BCUT2D eigenvalue weighted by molar-refractivity contribution is 0.189. The molecule has 1 aromatic heterocycles. The van der Waals surface area contributed by atoms with Crippen molar-refractivity contribution in [1.82, 2.24) is 25.5 Å². The number of carbonyl (C=O) groups is 1. The Bertz CT molecular complexity index is 818. The molecule has 1 heterocycles. The fraction of sp³-hybridized carbons (Fsp3) is 0.429. The Balaban J connectivity index is 2.13. The van der Waals surface area contributed by atoms with Crippen LogP contribution >= 0.6 is 0 Å². The van der Waals surface area contributed by atoms with Gasteiger partial charge in [-0.25, -0.2) is 13.2 Å². The molecule has 11 heteroatoms. The van der Waals surface area contributed by atoms with Gasteiger partial charge in [-0.15, -0.1) is 10.2 Å². The molecule has 0 bridgehead atoms. The molecule has 0 fully saturated rings. The number of nitrogens with one attached hydrogen (secondary N) is 1. The summed E-state index contributed by atoms with van der Waals surface area (Å²) in [6, 6.07) is 6.44. The largest absolute Gasteiger partial charge is 0.497 e. The van der Waals surface area contributed by atoms with Crippen LogP contribution in [0.4, 0.5) is 4.79 Å². The van der Waals surface area contributed by atoms with Crippen molar-refractivity contribution in [3.8, 4) is 5.75 Å². The first kappa shape index (κ1) is 18.6. The van der Waals surface area contributed by atoms with E-state index < -0.39 is 22.0 Å². The average Bonchev–Trinajstić information content (AvgIpc) is 3.01. The molecule has 0 aliphatic carbocycles. The molecule has 136 valence electrons. The van der Waals surface area contributed by atoms with Crippen molar-refractivity contribution >= 4 is 15.9 Å². The van der Waals surface area contributed by atoms with Crippen molar-refractivity contribution in [2.24, 2.45) is 0 Å². The lowest BCUT2D eigenvalue weighted by Crippen LogP contribution is -2.29. The number of amides is 1. The van der Waals surface area contributed by atoms with Gasteiger partial charge in [-0.3, -0.25) is 0 Å². The predicted molar refractivity (Wildman–Crippen MR) is 88.1 cm³/mol. The Hall–Kier alpha value is -2.69. The molecular formula is C14H19N5O5S. The fourth-order valence-electron chi connectivity index (χ4n) is 2.09. The van der Waals surface area contributed by atoms with Gasteiger partial charge in [0.1, 0.15) is 21.6 Å². The van der Waals surface area contributed by atoms with E-state index >= 15 is 0 Å². The van der Waals surface area contributed by atoms with E-state index in [4.69, 9.17) is 9.84 Å². The highest BCUT2D eigenvalue weighted by molar-refractivity contribution is 7.90. The number of methoxy groups -OCH3 is 1.